The van der Waals surface area contributed by atoms with Crippen molar-refractivity contribution in [2.75, 3.05) is 6.79 Å². The third-order valence-corrected chi connectivity index (χ3v) is 3.75. The molecular formula is C19H18N2O4. The fourth-order valence-electron chi connectivity index (χ4n) is 2.31. The first-order chi connectivity index (χ1) is 12.2. The van der Waals surface area contributed by atoms with Gasteiger partial charge in [-0.15, -0.1) is 0 Å². The molecule has 25 heavy (non-hydrogen) atoms. The number of nitrogens with one attached hydrogen (secondary N) is 2. The normalized spacial score (nSPS) is 12.2. The van der Waals surface area contributed by atoms with Crippen LogP contribution in [0, 0.1) is 0 Å². The molecule has 0 radical (unpaired) electrons. The second-order valence-corrected chi connectivity index (χ2v) is 5.44. The molecule has 0 unspecified atom stereocenters. The van der Waals surface area contributed by atoms with Gasteiger partial charge in [0.2, 0.25) is 6.79 Å². The molecule has 2 aromatic rings. The molecule has 3 rings (SSSR count). The van der Waals surface area contributed by atoms with E-state index in [0.717, 1.165) is 12.0 Å². The first kappa shape index (κ1) is 16.6. The highest BCUT2D eigenvalue weighted by atomic mass is 16.7. The molecule has 0 aromatic heterocycles. The Kier molecular flexibility index (Phi) is 4.99. The van der Waals surface area contributed by atoms with E-state index in [2.05, 4.69) is 17.8 Å². The van der Waals surface area contributed by atoms with Crippen LogP contribution in [0.3, 0.4) is 0 Å². The summed E-state index contributed by atoms with van der Waals surface area (Å²) < 4.78 is 10.4. The summed E-state index contributed by atoms with van der Waals surface area (Å²) in [6.45, 7) is 2.22. The number of hydrogen-bond acceptors (Lipinski definition) is 4. The first-order valence-electron chi connectivity index (χ1n) is 7.92. The van der Waals surface area contributed by atoms with E-state index in [-0.39, 0.29) is 6.79 Å². The lowest BCUT2D eigenvalue weighted by atomic mass is 10.1. The van der Waals surface area contributed by atoms with Gasteiger partial charge in [0, 0.05) is 11.6 Å². The Bertz CT molecular complexity index is 813. The number of amides is 2. The second-order valence-electron chi connectivity index (χ2n) is 5.44. The number of hydrogen-bond donors (Lipinski definition) is 2. The van der Waals surface area contributed by atoms with E-state index in [9.17, 15) is 9.59 Å². The van der Waals surface area contributed by atoms with E-state index >= 15 is 0 Å². The highest BCUT2D eigenvalue weighted by Gasteiger charge is 2.16. The van der Waals surface area contributed by atoms with Crippen LogP contribution in [0.4, 0.5) is 0 Å². The van der Waals surface area contributed by atoms with Gasteiger partial charge in [0.25, 0.3) is 11.8 Å². The average Bonchev–Trinajstić information content (AvgIpc) is 3.12. The minimum atomic E-state index is -0.438. The zero-order valence-electron chi connectivity index (χ0n) is 13.7. The number of carbonyl (C=O) groups is 2. The summed E-state index contributed by atoms with van der Waals surface area (Å²) in [7, 11) is 0. The SMILES string of the molecule is CCc1ccc(/C=C/C(=O)NNC(=O)c2ccc3c(c2)OCO3)cc1. The van der Waals surface area contributed by atoms with Crippen LogP contribution in [0.2, 0.25) is 0 Å². The van der Waals surface area contributed by atoms with Crippen molar-refractivity contribution in [3.8, 4) is 11.5 Å². The maximum Gasteiger partial charge on any atom is 0.269 e. The summed E-state index contributed by atoms with van der Waals surface area (Å²) in [5, 5.41) is 0. The quantitative estimate of drug-likeness (QED) is 0.663. The fraction of sp³-hybridized carbons (Fsp3) is 0.158. The minimum absolute atomic E-state index is 0.140. The Morgan fingerprint density at radius 2 is 1.80 bits per heavy atom. The predicted molar refractivity (Wildman–Crippen MR) is 93.0 cm³/mol. The minimum Gasteiger partial charge on any atom is -0.454 e. The van der Waals surface area contributed by atoms with Crippen molar-refractivity contribution in [1.82, 2.24) is 10.9 Å². The number of ether oxygens (including phenoxy) is 2. The largest absolute Gasteiger partial charge is 0.454 e. The summed E-state index contributed by atoms with van der Waals surface area (Å²) in [6.07, 6.45) is 4.01. The summed E-state index contributed by atoms with van der Waals surface area (Å²) in [5.41, 5.74) is 7.21. The number of rotatable bonds is 4. The lowest BCUT2D eigenvalue weighted by Gasteiger charge is -2.06. The number of hydrazine groups is 1. The van der Waals surface area contributed by atoms with Gasteiger partial charge in [0.1, 0.15) is 0 Å². The molecule has 0 aliphatic carbocycles. The van der Waals surface area contributed by atoms with E-state index in [1.165, 1.54) is 11.6 Å². The summed E-state index contributed by atoms with van der Waals surface area (Å²) >= 11 is 0. The number of carbonyl (C=O) groups excluding carboxylic acids is 2. The number of benzene rings is 2. The maximum atomic E-state index is 12.0. The van der Waals surface area contributed by atoms with Crippen molar-refractivity contribution >= 4 is 17.9 Å². The van der Waals surface area contributed by atoms with Crippen molar-refractivity contribution in [2.24, 2.45) is 0 Å². The van der Waals surface area contributed by atoms with Crippen LogP contribution in [-0.2, 0) is 11.2 Å². The summed E-state index contributed by atoms with van der Waals surface area (Å²) in [6, 6.07) is 12.7. The van der Waals surface area contributed by atoms with Crippen LogP contribution in [0.15, 0.2) is 48.5 Å². The van der Waals surface area contributed by atoms with Gasteiger partial charge in [-0.2, -0.15) is 0 Å². The maximum absolute atomic E-state index is 12.0. The highest BCUT2D eigenvalue weighted by molar-refractivity contribution is 5.98. The fourth-order valence-corrected chi connectivity index (χ4v) is 2.31. The molecule has 2 amide bonds. The van der Waals surface area contributed by atoms with E-state index in [0.29, 0.717) is 17.1 Å². The van der Waals surface area contributed by atoms with Gasteiger partial charge in [0.05, 0.1) is 0 Å². The van der Waals surface area contributed by atoms with Gasteiger partial charge in [-0.3, -0.25) is 20.4 Å². The Balaban J connectivity index is 1.52. The molecule has 0 spiro atoms. The molecule has 1 aliphatic heterocycles. The molecule has 0 bridgehead atoms. The Labute approximate surface area is 145 Å². The molecule has 2 aromatic carbocycles. The van der Waals surface area contributed by atoms with Crippen molar-refractivity contribution in [1.29, 1.82) is 0 Å². The van der Waals surface area contributed by atoms with Crippen molar-refractivity contribution in [3.05, 3.63) is 65.2 Å². The standard InChI is InChI=1S/C19H18N2O4/c1-2-13-3-5-14(6-4-13)7-10-18(22)20-21-19(23)15-8-9-16-17(11-15)25-12-24-16/h3-11H,2,12H2,1H3,(H,20,22)(H,21,23)/b10-7+. The van der Waals surface area contributed by atoms with Gasteiger partial charge in [-0.25, -0.2) is 0 Å². The molecule has 128 valence electrons. The number of fused-ring (bicyclic) bond motifs is 1. The van der Waals surface area contributed by atoms with Gasteiger partial charge in [-0.1, -0.05) is 31.2 Å². The van der Waals surface area contributed by atoms with Crippen LogP contribution in [0.5, 0.6) is 11.5 Å². The molecule has 1 aliphatic rings. The topological polar surface area (TPSA) is 76.7 Å². The average molecular weight is 338 g/mol. The Morgan fingerprint density at radius 1 is 1.04 bits per heavy atom. The van der Waals surface area contributed by atoms with Gasteiger partial charge in [-0.05, 0) is 41.8 Å². The molecule has 6 heteroatoms. The van der Waals surface area contributed by atoms with Crippen molar-refractivity contribution < 1.29 is 19.1 Å². The van der Waals surface area contributed by atoms with Crippen LogP contribution in [-0.4, -0.2) is 18.6 Å². The van der Waals surface area contributed by atoms with Crippen LogP contribution in [0.1, 0.15) is 28.4 Å². The monoisotopic (exact) mass is 338 g/mol. The van der Waals surface area contributed by atoms with Gasteiger partial charge < -0.3 is 9.47 Å². The summed E-state index contributed by atoms with van der Waals surface area (Å²) in [5.74, 6) is 0.244. The zero-order valence-corrected chi connectivity index (χ0v) is 13.7. The molecular weight excluding hydrogens is 320 g/mol. The highest BCUT2D eigenvalue weighted by Crippen LogP contribution is 2.32. The Morgan fingerprint density at radius 3 is 2.56 bits per heavy atom. The molecule has 0 saturated heterocycles. The zero-order chi connectivity index (χ0) is 17.6. The van der Waals surface area contributed by atoms with Gasteiger partial charge in [0.15, 0.2) is 11.5 Å². The third-order valence-electron chi connectivity index (χ3n) is 3.75. The van der Waals surface area contributed by atoms with Crippen molar-refractivity contribution in [3.63, 3.8) is 0 Å². The lowest BCUT2D eigenvalue weighted by molar-refractivity contribution is -0.117. The first-order valence-corrected chi connectivity index (χ1v) is 7.92. The predicted octanol–water partition coefficient (Wildman–Crippen LogP) is 2.45. The summed E-state index contributed by atoms with van der Waals surface area (Å²) in [4.78, 5) is 23.9. The lowest BCUT2D eigenvalue weighted by Crippen LogP contribution is -2.40. The molecule has 1 heterocycles. The van der Waals surface area contributed by atoms with Crippen LogP contribution in [0.25, 0.3) is 6.08 Å². The van der Waals surface area contributed by atoms with Crippen LogP contribution < -0.4 is 20.3 Å². The molecule has 0 fully saturated rings. The molecule has 6 nitrogen and oxygen atoms in total. The van der Waals surface area contributed by atoms with E-state index in [1.54, 1.807) is 24.3 Å². The third kappa shape index (κ3) is 4.17. The second kappa shape index (κ2) is 7.53. The Hall–Kier alpha value is -3.28. The van der Waals surface area contributed by atoms with Crippen LogP contribution >= 0.6 is 0 Å². The van der Waals surface area contributed by atoms with Crippen molar-refractivity contribution in [2.45, 2.75) is 13.3 Å². The van der Waals surface area contributed by atoms with E-state index in [1.807, 2.05) is 24.3 Å². The van der Waals surface area contributed by atoms with Gasteiger partial charge >= 0.3 is 0 Å². The number of aryl methyl sites for hydroxylation is 1. The van der Waals surface area contributed by atoms with E-state index < -0.39 is 11.8 Å². The molecule has 0 saturated carbocycles. The smallest absolute Gasteiger partial charge is 0.269 e. The molecule has 2 N–H and O–H groups in total. The van der Waals surface area contributed by atoms with E-state index in [4.69, 9.17) is 9.47 Å². The molecule has 0 atom stereocenters.